The van der Waals surface area contributed by atoms with Crippen LogP contribution in [0, 0.1) is 5.82 Å². The van der Waals surface area contributed by atoms with Crippen LogP contribution in [0.5, 0.6) is 5.75 Å². The smallest absolute Gasteiger partial charge is 0.320 e. The molecule has 0 spiro atoms. The van der Waals surface area contributed by atoms with Gasteiger partial charge in [-0.15, -0.1) is 0 Å². The minimum atomic E-state index is -0.512. The van der Waals surface area contributed by atoms with E-state index in [1.807, 2.05) is 81.2 Å². The topological polar surface area (TPSA) is 38.8 Å². The summed E-state index contributed by atoms with van der Waals surface area (Å²) < 4.78 is 25.2. The molecule has 0 aromatic heterocycles. The van der Waals surface area contributed by atoms with Crippen molar-refractivity contribution in [2.45, 2.75) is 26.4 Å². The Morgan fingerprint density at radius 2 is 1.70 bits per heavy atom. The normalized spacial score (nSPS) is 11.5. The van der Waals surface area contributed by atoms with Crippen LogP contribution >= 0.6 is 11.6 Å². The first-order valence-corrected chi connectivity index (χ1v) is 11.2. The summed E-state index contributed by atoms with van der Waals surface area (Å²) in [5.74, 6) is 0.0928. The lowest BCUT2D eigenvalue weighted by Crippen LogP contribution is -2.34. The summed E-state index contributed by atoms with van der Waals surface area (Å²) in [6.45, 7) is 6.62. The predicted octanol–water partition coefficient (Wildman–Crippen LogP) is 6.47. The van der Waals surface area contributed by atoms with E-state index in [0.29, 0.717) is 23.9 Å². The first-order chi connectivity index (χ1) is 15.6. The molecule has 0 unspecified atom stereocenters. The summed E-state index contributed by atoms with van der Waals surface area (Å²) in [6.07, 6.45) is 0. The average Bonchev–Trinajstić information content (AvgIpc) is 2.73. The molecule has 3 aromatic rings. The highest BCUT2D eigenvalue weighted by molar-refractivity contribution is 6.33. The SMILES string of the molecule is CN(CCOc1ccc(-c2cccc(F)c2)cc1-c1ccccc1Cl)CC(=O)OC(C)(C)C. The van der Waals surface area contributed by atoms with Crippen molar-refractivity contribution in [2.75, 3.05) is 26.7 Å². The molecule has 0 aliphatic carbocycles. The van der Waals surface area contributed by atoms with Gasteiger partial charge in [-0.25, -0.2) is 4.39 Å². The fourth-order valence-electron chi connectivity index (χ4n) is 3.38. The number of likely N-dealkylation sites (N-methyl/N-ethyl adjacent to an activating group) is 1. The van der Waals surface area contributed by atoms with E-state index in [-0.39, 0.29) is 18.3 Å². The zero-order chi connectivity index (χ0) is 24.0. The van der Waals surface area contributed by atoms with Crippen LogP contribution in [0.4, 0.5) is 4.39 Å². The van der Waals surface area contributed by atoms with Gasteiger partial charge in [0, 0.05) is 22.7 Å². The maximum Gasteiger partial charge on any atom is 0.320 e. The Balaban J connectivity index is 1.77. The second-order valence-corrected chi connectivity index (χ2v) is 9.28. The molecule has 0 fully saturated rings. The number of nitrogens with zero attached hydrogens (tertiary/aromatic N) is 1. The average molecular weight is 470 g/mol. The molecule has 0 aliphatic heterocycles. The number of esters is 1. The van der Waals surface area contributed by atoms with E-state index in [2.05, 4.69) is 0 Å². The van der Waals surface area contributed by atoms with Crippen LogP contribution in [0.15, 0.2) is 66.7 Å². The molecule has 0 bridgehead atoms. The molecular weight excluding hydrogens is 441 g/mol. The molecule has 0 aliphatic rings. The minimum absolute atomic E-state index is 0.177. The molecule has 3 aromatic carbocycles. The summed E-state index contributed by atoms with van der Waals surface area (Å²) >= 11 is 6.47. The van der Waals surface area contributed by atoms with Crippen molar-refractivity contribution in [1.29, 1.82) is 0 Å². The summed E-state index contributed by atoms with van der Waals surface area (Å²) in [5, 5.41) is 0.598. The van der Waals surface area contributed by atoms with E-state index in [9.17, 15) is 9.18 Å². The molecule has 0 N–H and O–H groups in total. The van der Waals surface area contributed by atoms with Gasteiger partial charge in [0.2, 0.25) is 0 Å². The van der Waals surface area contributed by atoms with Gasteiger partial charge in [0.1, 0.15) is 23.8 Å². The lowest BCUT2D eigenvalue weighted by Gasteiger charge is -2.22. The zero-order valence-electron chi connectivity index (χ0n) is 19.4. The number of rotatable bonds is 8. The molecule has 174 valence electrons. The van der Waals surface area contributed by atoms with E-state index in [4.69, 9.17) is 21.1 Å². The van der Waals surface area contributed by atoms with Gasteiger partial charge >= 0.3 is 5.97 Å². The highest BCUT2D eigenvalue weighted by Gasteiger charge is 2.18. The van der Waals surface area contributed by atoms with Crippen LogP contribution in [0.2, 0.25) is 5.02 Å². The van der Waals surface area contributed by atoms with E-state index in [1.54, 1.807) is 6.07 Å². The summed E-state index contributed by atoms with van der Waals surface area (Å²) in [6, 6.07) is 19.7. The lowest BCUT2D eigenvalue weighted by atomic mass is 9.98. The molecule has 0 radical (unpaired) electrons. The third-order valence-corrected chi connectivity index (χ3v) is 5.18. The summed E-state index contributed by atoms with van der Waals surface area (Å²) in [5.41, 5.74) is 2.76. The van der Waals surface area contributed by atoms with Crippen molar-refractivity contribution in [3.05, 3.63) is 77.6 Å². The maximum atomic E-state index is 13.8. The van der Waals surface area contributed by atoms with E-state index in [0.717, 1.165) is 22.3 Å². The number of halogens is 2. The molecule has 0 heterocycles. The molecule has 0 amide bonds. The third kappa shape index (κ3) is 7.31. The molecule has 33 heavy (non-hydrogen) atoms. The third-order valence-electron chi connectivity index (χ3n) is 4.85. The second kappa shape index (κ2) is 10.8. The molecule has 6 heteroatoms. The van der Waals surface area contributed by atoms with Crippen LogP contribution in [0.25, 0.3) is 22.3 Å². The van der Waals surface area contributed by atoms with Crippen molar-refractivity contribution in [3.63, 3.8) is 0 Å². The lowest BCUT2D eigenvalue weighted by molar-refractivity contribution is -0.155. The monoisotopic (exact) mass is 469 g/mol. The number of ether oxygens (including phenoxy) is 2. The minimum Gasteiger partial charge on any atom is -0.492 e. The van der Waals surface area contributed by atoms with Crippen LogP contribution in [0.1, 0.15) is 20.8 Å². The van der Waals surface area contributed by atoms with Crippen molar-refractivity contribution in [1.82, 2.24) is 4.90 Å². The molecular formula is C27H29ClFNO3. The molecule has 3 rings (SSSR count). The van der Waals surface area contributed by atoms with Gasteiger partial charge in [-0.05, 0) is 69.3 Å². The highest BCUT2D eigenvalue weighted by Crippen LogP contribution is 2.38. The quantitative estimate of drug-likeness (QED) is 0.354. The van der Waals surface area contributed by atoms with E-state index in [1.165, 1.54) is 12.1 Å². The fourth-order valence-corrected chi connectivity index (χ4v) is 3.62. The molecule has 0 saturated carbocycles. The van der Waals surface area contributed by atoms with Crippen molar-refractivity contribution < 1.29 is 18.7 Å². The maximum absolute atomic E-state index is 13.8. The summed E-state index contributed by atoms with van der Waals surface area (Å²) in [4.78, 5) is 13.9. The van der Waals surface area contributed by atoms with Crippen LogP contribution in [-0.4, -0.2) is 43.2 Å². The predicted molar refractivity (Wildman–Crippen MR) is 131 cm³/mol. The first kappa shape index (κ1) is 24.7. The van der Waals surface area contributed by atoms with Gasteiger partial charge in [0.25, 0.3) is 0 Å². The Bertz CT molecular complexity index is 1110. The number of carbonyl (C=O) groups excluding carboxylic acids is 1. The number of hydrogen-bond acceptors (Lipinski definition) is 4. The van der Waals surface area contributed by atoms with Gasteiger partial charge in [0.05, 0.1) is 6.54 Å². The Morgan fingerprint density at radius 3 is 2.39 bits per heavy atom. The summed E-state index contributed by atoms with van der Waals surface area (Å²) in [7, 11) is 1.84. The Morgan fingerprint density at radius 1 is 0.970 bits per heavy atom. The Hall–Kier alpha value is -2.89. The standard InChI is InChI=1S/C27H29ClFNO3/c1-27(2,3)33-26(31)18-30(4)14-15-32-25-13-12-20(19-8-7-9-21(29)16-19)17-23(25)22-10-5-6-11-24(22)28/h5-13,16-17H,14-15,18H2,1-4H3. The molecule has 0 atom stereocenters. The molecule has 4 nitrogen and oxygen atoms in total. The second-order valence-electron chi connectivity index (χ2n) is 8.87. The Labute approximate surface area is 199 Å². The van der Waals surface area contributed by atoms with Gasteiger partial charge in [0.15, 0.2) is 0 Å². The number of benzene rings is 3. The van der Waals surface area contributed by atoms with E-state index < -0.39 is 5.60 Å². The number of carbonyl (C=O) groups is 1. The van der Waals surface area contributed by atoms with Gasteiger partial charge < -0.3 is 9.47 Å². The van der Waals surface area contributed by atoms with Crippen molar-refractivity contribution in [2.24, 2.45) is 0 Å². The highest BCUT2D eigenvalue weighted by atomic mass is 35.5. The zero-order valence-corrected chi connectivity index (χ0v) is 20.2. The first-order valence-electron chi connectivity index (χ1n) is 10.8. The van der Waals surface area contributed by atoms with Crippen molar-refractivity contribution in [3.8, 4) is 28.0 Å². The Kier molecular flexibility index (Phi) is 8.11. The van der Waals surface area contributed by atoms with Crippen LogP contribution < -0.4 is 4.74 Å². The molecule has 0 saturated heterocycles. The largest absolute Gasteiger partial charge is 0.492 e. The van der Waals surface area contributed by atoms with Gasteiger partial charge in [-0.2, -0.15) is 0 Å². The van der Waals surface area contributed by atoms with Crippen molar-refractivity contribution >= 4 is 17.6 Å². The fraction of sp³-hybridized carbons (Fsp3) is 0.296. The number of hydrogen-bond donors (Lipinski definition) is 0. The van der Waals surface area contributed by atoms with Crippen LogP contribution in [0.3, 0.4) is 0 Å². The van der Waals surface area contributed by atoms with Gasteiger partial charge in [-0.1, -0.05) is 48.0 Å². The van der Waals surface area contributed by atoms with Gasteiger partial charge in [-0.3, -0.25) is 9.69 Å². The van der Waals surface area contributed by atoms with E-state index >= 15 is 0 Å². The van der Waals surface area contributed by atoms with Crippen LogP contribution in [-0.2, 0) is 9.53 Å².